The molecule has 0 atom stereocenters. The molecule has 1 radical (unpaired) electrons. The van der Waals surface area contributed by atoms with E-state index in [4.69, 9.17) is 0 Å². The standard InChI is InChI=1S/C4H6F3OS/c5-4(6,7)3-9-2-1-8/h1-3H2. The van der Waals surface area contributed by atoms with Crippen LogP contribution in [0.3, 0.4) is 0 Å². The van der Waals surface area contributed by atoms with E-state index in [2.05, 4.69) is 0 Å². The van der Waals surface area contributed by atoms with Gasteiger partial charge in [-0.05, 0) is 0 Å². The van der Waals surface area contributed by atoms with Crippen molar-refractivity contribution in [3.63, 3.8) is 0 Å². The van der Waals surface area contributed by atoms with Gasteiger partial charge >= 0.3 is 6.18 Å². The second-order valence-corrected chi connectivity index (χ2v) is 2.48. The molecule has 0 unspecified atom stereocenters. The summed E-state index contributed by atoms with van der Waals surface area (Å²) < 4.78 is 33.8. The van der Waals surface area contributed by atoms with Crippen molar-refractivity contribution in [1.82, 2.24) is 0 Å². The Bertz CT molecular complexity index is 72.7. The lowest BCUT2D eigenvalue weighted by molar-refractivity contribution is -0.105. The topological polar surface area (TPSA) is 19.9 Å². The number of thioether (sulfide) groups is 1. The lowest BCUT2D eigenvalue weighted by atomic mass is 10.8. The lowest BCUT2D eigenvalue weighted by Gasteiger charge is -2.02. The molecule has 5 heteroatoms. The van der Waals surface area contributed by atoms with E-state index in [1.807, 2.05) is 0 Å². The Balaban J connectivity index is 3.07. The summed E-state index contributed by atoms with van der Waals surface area (Å²) in [4.78, 5) is 0. The molecule has 0 aliphatic carbocycles. The minimum atomic E-state index is -4.13. The smallest absolute Gasteiger partial charge is 0.236 e. The third-order valence-corrected chi connectivity index (χ3v) is 1.48. The van der Waals surface area contributed by atoms with Crippen LogP contribution in [-0.4, -0.2) is 24.3 Å². The minimum absolute atomic E-state index is 0.0412. The number of halogens is 3. The van der Waals surface area contributed by atoms with Crippen LogP contribution in [-0.2, 0) is 5.11 Å². The third-order valence-electron chi connectivity index (χ3n) is 0.493. The second-order valence-electron chi connectivity index (χ2n) is 1.37. The largest absolute Gasteiger partial charge is 0.397 e. The van der Waals surface area contributed by atoms with Gasteiger partial charge < -0.3 is 0 Å². The average molecular weight is 159 g/mol. The van der Waals surface area contributed by atoms with Crippen molar-refractivity contribution < 1.29 is 18.3 Å². The first-order valence-electron chi connectivity index (χ1n) is 2.29. The van der Waals surface area contributed by atoms with Gasteiger partial charge in [0.1, 0.15) is 0 Å². The Hall–Kier alpha value is 0.100. The van der Waals surface area contributed by atoms with Crippen LogP contribution in [0.5, 0.6) is 0 Å². The Morgan fingerprint density at radius 3 is 2.22 bits per heavy atom. The van der Waals surface area contributed by atoms with Gasteiger partial charge in [-0.25, -0.2) is 5.11 Å². The molecule has 9 heavy (non-hydrogen) atoms. The molecule has 0 aromatic rings. The molecule has 0 saturated carbocycles. The van der Waals surface area contributed by atoms with Crippen LogP contribution in [0.15, 0.2) is 0 Å². The van der Waals surface area contributed by atoms with Crippen LogP contribution in [0.1, 0.15) is 0 Å². The number of rotatable bonds is 3. The molecule has 0 aromatic carbocycles. The molecule has 0 saturated heterocycles. The van der Waals surface area contributed by atoms with Crippen LogP contribution in [0, 0.1) is 0 Å². The number of hydrogen-bond donors (Lipinski definition) is 0. The highest BCUT2D eigenvalue weighted by Crippen LogP contribution is 2.20. The van der Waals surface area contributed by atoms with Gasteiger partial charge in [-0.3, -0.25) is 0 Å². The predicted octanol–water partition coefficient (Wildman–Crippen LogP) is 1.71. The van der Waals surface area contributed by atoms with Crippen LogP contribution in [0.25, 0.3) is 0 Å². The summed E-state index contributed by atoms with van der Waals surface area (Å²) >= 11 is 0.623. The maximum absolute atomic E-state index is 11.3. The molecular formula is C4H6F3OS. The van der Waals surface area contributed by atoms with Crippen LogP contribution < -0.4 is 0 Å². The Morgan fingerprint density at radius 2 is 1.89 bits per heavy atom. The highest BCUT2D eigenvalue weighted by molar-refractivity contribution is 7.99. The predicted molar refractivity (Wildman–Crippen MR) is 28.9 cm³/mol. The average Bonchev–Trinajstić information content (AvgIpc) is 1.63. The van der Waals surface area contributed by atoms with E-state index in [9.17, 15) is 18.3 Å². The van der Waals surface area contributed by atoms with E-state index in [1.54, 1.807) is 0 Å². The fraction of sp³-hybridized carbons (Fsp3) is 1.00. The quantitative estimate of drug-likeness (QED) is 0.574. The van der Waals surface area contributed by atoms with Crippen LogP contribution in [0.4, 0.5) is 13.2 Å². The molecule has 0 bridgehead atoms. The van der Waals surface area contributed by atoms with Gasteiger partial charge in [0.25, 0.3) is 0 Å². The Morgan fingerprint density at radius 1 is 1.33 bits per heavy atom. The Kier molecular flexibility index (Phi) is 4.05. The molecule has 0 N–H and O–H groups in total. The maximum atomic E-state index is 11.3. The van der Waals surface area contributed by atoms with E-state index >= 15 is 0 Å². The molecule has 0 fully saturated rings. The summed E-state index contributed by atoms with van der Waals surface area (Å²) in [6, 6.07) is 0. The van der Waals surface area contributed by atoms with Crippen molar-refractivity contribution in [2.24, 2.45) is 0 Å². The summed E-state index contributed by atoms with van der Waals surface area (Å²) in [6.07, 6.45) is -4.13. The van der Waals surface area contributed by atoms with Crippen molar-refractivity contribution >= 4 is 11.8 Å². The number of hydrogen-bond acceptors (Lipinski definition) is 1. The van der Waals surface area contributed by atoms with Gasteiger partial charge in [0.15, 0.2) is 0 Å². The van der Waals surface area contributed by atoms with Gasteiger partial charge in [0.05, 0.1) is 12.4 Å². The summed E-state index contributed by atoms with van der Waals surface area (Å²) in [5.74, 6) is -0.866. The first-order valence-corrected chi connectivity index (χ1v) is 3.44. The molecule has 1 nitrogen and oxygen atoms in total. The lowest BCUT2D eigenvalue weighted by Crippen LogP contribution is -2.11. The monoisotopic (exact) mass is 159 g/mol. The first-order chi connectivity index (χ1) is 4.06. The molecule has 0 amide bonds. The second kappa shape index (κ2) is 4.00. The number of alkyl halides is 3. The Labute approximate surface area is 55.2 Å². The van der Waals surface area contributed by atoms with E-state index in [-0.39, 0.29) is 5.75 Å². The van der Waals surface area contributed by atoms with Crippen molar-refractivity contribution in [3.05, 3.63) is 0 Å². The van der Waals surface area contributed by atoms with Crippen molar-refractivity contribution in [3.8, 4) is 0 Å². The van der Waals surface area contributed by atoms with Gasteiger partial charge in [0.2, 0.25) is 0 Å². The van der Waals surface area contributed by atoms with E-state index < -0.39 is 18.5 Å². The SMILES string of the molecule is [O]CCSCC(F)(F)F. The minimum Gasteiger partial charge on any atom is -0.236 e. The molecule has 0 spiro atoms. The maximum Gasteiger partial charge on any atom is 0.397 e. The van der Waals surface area contributed by atoms with Crippen LogP contribution >= 0.6 is 11.8 Å². The zero-order valence-corrected chi connectivity index (χ0v) is 5.39. The molecule has 55 valence electrons. The van der Waals surface area contributed by atoms with Gasteiger partial charge in [0, 0.05) is 5.75 Å². The van der Waals surface area contributed by atoms with Crippen molar-refractivity contribution in [2.75, 3.05) is 18.1 Å². The summed E-state index contributed by atoms with van der Waals surface area (Å²) in [5, 5.41) is 9.63. The molecule has 0 heterocycles. The summed E-state index contributed by atoms with van der Waals surface area (Å²) in [5.41, 5.74) is 0. The molecular weight excluding hydrogens is 153 g/mol. The van der Waals surface area contributed by atoms with E-state index in [1.165, 1.54) is 0 Å². The van der Waals surface area contributed by atoms with Gasteiger partial charge in [-0.15, -0.1) is 0 Å². The first kappa shape index (κ1) is 9.10. The molecule has 0 aliphatic heterocycles. The van der Waals surface area contributed by atoms with Gasteiger partial charge in [-0.2, -0.15) is 24.9 Å². The zero-order chi connectivity index (χ0) is 7.33. The zero-order valence-electron chi connectivity index (χ0n) is 4.57. The molecule has 0 rings (SSSR count). The highest BCUT2D eigenvalue weighted by Gasteiger charge is 2.26. The van der Waals surface area contributed by atoms with E-state index in [0.29, 0.717) is 11.8 Å². The summed E-state index contributed by atoms with van der Waals surface area (Å²) in [7, 11) is 0. The van der Waals surface area contributed by atoms with Crippen LogP contribution in [0.2, 0.25) is 0 Å². The molecule has 0 aromatic heterocycles. The highest BCUT2D eigenvalue weighted by atomic mass is 32.2. The van der Waals surface area contributed by atoms with Gasteiger partial charge in [-0.1, -0.05) is 0 Å². The summed E-state index contributed by atoms with van der Waals surface area (Å²) in [6.45, 7) is -0.444. The van der Waals surface area contributed by atoms with Crippen molar-refractivity contribution in [2.45, 2.75) is 6.18 Å². The fourth-order valence-corrected chi connectivity index (χ4v) is 0.740. The fourth-order valence-electron chi connectivity index (χ4n) is 0.247. The normalized spacial score (nSPS) is 12.0. The van der Waals surface area contributed by atoms with E-state index in [0.717, 1.165) is 0 Å². The molecule has 0 aliphatic rings. The van der Waals surface area contributed by atoms with Crippen molar-refractivity contribution in [1.29, 1.82) is 0 Å². The third kappa shape index (κ3) is 8.10.